The van der Waals surface area contributed by atoms with Crippen LogP contribution in [-0.2, 0) is 9.59 Å². The van der Waals surface area contributed by atoms with Crippen LogP contribution in [-0.4, -0.2) is 24.1 Å². The molecule has 6 nitrogen and oxygen atoms in total. The number of primary amides is 1. The molecule has 0 atom stereocenters. The Morgan fingerprint density at radius 1 is 1.19 bits per heavy atom. The number of carbonyl (C=O) groups is 2. The Balaban J connectivity index is 1.92. The molecule has 26 heavy (non-hydrogen) atoms. The van der Waals surface area contributed by atoms with Crippen molar-refractivity contribution in [2.75, 3.05) is 11.6 Å². The standard InChI is InChI=1S/C20H19N3O3/c1-13-6-5-8-16(10-13)23-20(25)17(14(2)22-23)11-15-7-3-4-9-18(15)26-12-19(21)24/h3-11H,12H2,1-2H3,(H2,21,24). The highest BCUT2D eigenvalue weighted by Crippen LogP contribution is 2.28. The molecule has 1 heterocycles. The monoisotopic (exact) mass is 349 g/mol. The van der Waals surface area contributed by atoms with E-state index < -0.39 is 5.91 Å². The number of anilines is 1. The molecule has 1 aliphatic rings. The van der Waals surface area contributed by atoms with Gasteiger partial charge in [0.1, 0.15) is 5.75 Å². The van der Waals surface area contributed by atoms with Crippen LogP contribution in [0.25, 0.3) is 6.08 Å². The fraction of sp³-hybridized carbons (Fsp3) is 0.150. The first kappa shape index (κ1) is 17.4. The second kappa shape index (κ2) is 7.23. The van der Waals surface area contributed by atoms with Crippen molar-refractivity contribution in [3.63, 3.8) is 0 Å². The third kappa shape index (κ3) is 3.64. The van der Waals surface area contributed by atoms with Gasteiger partial charge in [0.25, 0.3) is 11.8 Å². The zero-order chi connectivity index (χ0) is 18.7. The third-order valence-corrected chi connectivity index (χ3v) is 3.90. The third-order valence-electron chi connectivity index (χ3n) is 3.90. The van der Waals surface area contributed by atoms with Crippen LogP contribution in [0.1, 0.15) is 18.1 Å². The van der Waals surface area contributed by atoms with Crippen molar-refractivity contribution >= 4 is 29.3 Å². The van der Waals surface area contributed by atoms with Gasteiger partial charge < -0.3 is 10.5 Å². The molecule has 2 N–H and O–H groups in total. The van der Waals surface area contributed by atoms with Crippen molar-refractivity contribution < 1.29 is 14.3 Å². The number of aryl methyl sites for hydroxylation is 1. The fourth-order valence-corrected chi connectivity index (χ4v) is 2.65. The number of benzene rings is 2. The largest absolute Gasteiger partial charge is 0.483 e. The smallest absolute Gasteiger partial charge is 0.280 e. The van der Waals surface area contributed by atoms with Gasteiger partial charge in [0.05, 0.1) is 17.0 Å². The molecule has 6 heteroatoms. The summed E-state index contributed by atoms with van der Waals surface area (Å²) < 4.78 is 5.42. The maximum absolute atomic E-state index is 12.8. The Hall–Kier alpha value is -3.41. The lowest BCUT2D eigenvalue weighted by Crippen LogP contribution is -2.21. The van der Waals surface area contributed by atoms with Gasteiger partial charge in [-0.25, -0.2) is 0 Å². The minimum atomic E-state index is -0.562. The zero-order valence-corrected chi connectivity index (χ0v) is 14.6. The van der Waals surface area contributed by atoms with Gasteiger partial charge in [-0.1, -0.05) is 30.3 Å². The molecule has 2 aromatic rings. The van der Waals surface area contributed by atoms with Crippen LogP contribution < -0.4 is 15.5 Å². The number of nitrogens with two attached hydrogens (primary N) is 1. The molecule has 0 aromatic heterocycles. The molecular weight excluding hydrogens is 330 g/mol. The van der Waals surface area contributed by atoms with Gasteiger partial charge in [-0.15, -0.1) is 0 Å². The summed E-state index contributed by atoms with van der Waals surface area (Å²) in [5, 5.41) is 5.77. The number of ether oxygens (including phenoxy) is 1. The molecule has 0 bridgehead atoms. The van der Waals surface area contributed by atoms with Gasteiger partial charge in [0, 0.05) is 5.56 Å². The van der Waals surface area contributed by atoms with E-state index in [1.165, 1.54) is 5.01 Å². The number of hydrazone groups is 1. The first-order valence-electron chi connectivity index (χ1n) is 8.14. The van der Waals surface area contributed by atoms with Gasteiger partial charge in [-0.3, -0.25) is 9.59 Å². The maximum Gasteiger partial charge on any atom is 0.280 e. The molecule has 0 spiro atoms. The first-order chi connectivity index (χ1) is 12.5. The number of carbonyl (C=O) groups excluding carboxylic acids is 2. The van der Waals surface area contributed by atoms with Gasteiger partial charge in [-0.2, -0.15) is 10.1 Å². The highest BCUT2D eigenvalue weighted by molar-refractivity contribution is 6.32. The summed E-state index contributed by atoms with van der Waals surface area (Å²) in [4.78, 5) is 23.8. The van der Waals surface area contributed by atoms with Crippen molar-refractivity contribution in [1.29, 1.82) is 0 Å². The van der Waals surface area contributed by atoms with E-state index in [0.29, 0.717) is 22.6 Å². The molecule has 2 amide bonds. The van der Waals surface area contributed by atoms with E-state index in [1.807, 2.05) is 37.3 Å². The van der Waals surface area contributed by atoms with Crippen molar-refractivity contribution in [2.24, 2.45) is 10.8 Å². The summed E-state index contributed by atoms with van der Waals surface area (Å²) in [5.41, 5.74) is 8.66. The summed E-state index contributed by atoms with van der Waals surface area (Å²) in [5.74, 6) is -0.293. The van der Waals surface area contributed by atoms with Crippen LogP contribution in [0.3, 0.4) is 0 Å². The van der Waals surface area contributed by atoms with Gasteiger partial charge in [0.15, 0.2) is 6.61 Å². The van der Waals surface area contributed by atoms with Crippen LogP contribution in [0, 0.1) is 6.92 Å². The van der Waals surface area contributed by atoms with E-state index in [0.717, 1.165) is 11.3 Å². The van der Waals surface area contributed by atoms with Gasteiger partial charge in [-0.05, 0) is 43.7 Å². The van der Waals surface area contributed by atoms with Crippen LogP contribution in [0.4, 0.5) is 5.69 Å². The highest BCUT2D eigenvalue weighted by Gasteiger charge is 2.29. The molecular formula is C20H19N3O3. The SMILES string of the molecule is CC1=NN(c2cccc(C)c2)C(=O)C1=Cc1ccccc1OCC(N)=O. The number of hydrogen-bond donors (Lipinski definition) is 1. The van der Waals surface area contributed by atoms with Gasteiger partial charge in [0.2, 0.25) is 0 Å². The second-order valence-electron chi connectivity index (χ2n) is 5.99. The predicted octanol–water partition coefficient (Wildman–Crippen LogP) is 2.67. The van der Waals surface area contributed by atoms with E-state index in [9.17, 15) is 9.59 Å². The number of nitrogens with zero attached hydrogens (tertiary/aromatic N) is 2. The number of hydrogen-bond acceptors (Lipinski definition) is 4. The normalized spacial score (nSPS) is 15.3. The Bertz CT molecular complexity index is 931. The molecule has 0 saturated heterocycles. The quantitative estimate of drug-likeness (QED) is 0.842. The molecule has 0 fully saturated rings. The second-order valence-corrected chi connectivity index (χ2v) is 5.99. The van der Waals surface area contributed by atoms with Crippen LogP contribution in [0.2, 0.25) is 0 Å². The molecule has 0 aliphatic carbocycles. The van der Waals surface area contributed by atoms with Crippen molar-refractivity contribution in [1.82, 2.24) is 0 Å². The minimum Gasteiger partial charge on any atom is -0.483 e. The number of rotatable bonds is 5. The van der Waals surface area contributed by atoms with Crippen molar-refractivity contribution in [3.05, 3.63) is 65.2 Å². The van der Waals surface area contributed by atoms with E-state index in [1.54, 1.807) is 31.2 Å². The molecule has 1 aliphatic heterocycles. The topological polar surface area (TPSA) is 85.0 Å². The van der Waals surface area contributed by atoms with Crippen LogP contribution in [0.15, 0.2) is 59.2 Å². The molecule has 3 rings (SSSR count). The summed E-state index contributed by atoms with van der Waals surface area (Å²) >= 11 is 0. The predicted molar refractivity (Wildman–Crippen MR) is 101 cm³/mol. The fourth-order valence-electron chi connectivity index (χ4n) is 2.65. The Morgan fingerprint density at radius 3 is 2.69 bits per heavy atom. The van der Waals surface area contributed by atoms with E-state index in [2.05, 4.69) is 5.10 Å². The summed E-state index contributed by atoms with van der Waals surface area (Å²) in [6, 6.07) is 14.7. The van der Waals surface area contributed by atoms with E-state index in [4.69, 9.17) is 10.5 Å². The van der Waals surface area contributed by atoms with Gasteiger partial charge >= 0.3 is 0 Å². The lowest BCUT2D eigenvalue weighted by molar-refractivity contribution is -0.120. The number of amides is 2. The Labute approximate surface area is 151 Å². The first-order valence-corrected chi connectivity index (χ1v) is 8.14. The van der Waals surface area contributed by atoms with Crippen LogP contribution >= 0.6 is 0 Å². The highest BCUT2D eigenvalue weighted by atomic mass is 16.5. The molecule has 0 unspecified atom stereocenters. The van der Waals surface area contributed by atoms with Crippen molar-refractivity contribution in [2.45, 2.75) is 13.8 Å². The zero-order valence-electron chi connectivity index (χ0n) is 14.6. The summed E-state index contributed by atoms with van der Waals surface area (Å²) in [6.07, 6.45) is 1.72. The summed E-state index contributed by atoms with van der Waals surface area (Å²) in [6.45, 7) is 3.52. The van der Waals surface area contributed by atoms with Crippen molar-refractivity contribution in [3.8, 4) is 5.75 Å². The van der Waals surface area contributed by atoms with Crippen LogP contribution in [0.5, 0.6) is 5.75 Å². The van der Waals surface area contributed by atoms with E-state index >= 15 is 0 Å². The molecule has 2 aromatic carbocycles. The lowest BCUT2D eigenvalue weighted by Gasteiger charge is -2.12. The molecule has 0 radical (unpaired) electrons. The Kier molecular flexibility index (Phi) is 4.84. The van der Waals surface area contributed by atoms with E-state index in [-0.39, 0.29) is 12.5 Å². The minimum absolute atomic E-state index is 0.210. The number of para-hydroxylation sites is 1. The average molecular weight is 349 g/mol. The molecule has 132 valence electrons. The summed E-state index contributed by atoms with van der Waals surface area (Å²) in [7, 11) is 0. The Morgan fingerprint density at radius 2 is 1.96 bits per heavy atom. The maximum atomic E-state index is 12.8. The average Bonchev–Trinajstić information content (AvgIpc) is 2.89. The molecule has 0 saturated carbocycles. The lowest BCUT2D eigenvalue weighted by atomic mass is 10.1.